The summed E-state index contributed by atoms with van der Waals surface area (Å²) in [7, 11) is 0. The minimum Gasteiger partial charge on any atom is -0.458 e. The zero-order valence-corrected chi connectivity index (χ0v) is 10.8. The highest BCUT2D eigenvalue weighted by molar-refractivity contribution is 6.08. The van der Waals surface area contributed by atoms with Crippen LogP contribution in [0.1, 0.15) is 16.1 Å². The molecule has 3 heterocycles. The molecule has 0 aromatic carbocycles. The minimum absolute atomic E-state index is 0.0124. The van der Waals surface area contributed by atoms with Gasteiger partial charge in [-0.1, -0.05) is 0 Å². The largest absolute Gasteiger partial charge is 0.458 e. The number of rotatable bonds is 2. The zero-order valence-electron chi connectivity index (χ0n) is 10.8. The van der Waals surface area contributed by atoms with Crippen LogP contribution in [0.2, 0.25) is 0 Å². The van der Waals surface area contributed by atoms with Gasteiger partial charge in [0.25, 0.3) is 5.91 Å². The number of nitrogens with two attached hydrogens (primary N) is 1. The van der Waals surface area contributed by atoms with Crippen molar-refractivity contribution in [2.45, 2.75) is 6.18 Å². The molecular formula is C12H8F3N5O2. The lowest BCUT2D eigenvalue weighted by atomic mass is 10.3. The van der Waals surface area contributed by atoms with E-state index in [0.717, 1.165) is 12.3 Å². The average Bonchev–Trinajstić information content (AvgIpc) is 3.03. The van der Waals surface area contributed by atoms with Gasteiger partial charge in [-0.3, -0.25) is 4.79 Å². The van der Waals surface area contributed by atoms with Crippen LogP contribution in [-0.2, 0) is 6.18 Å². The molecule has 0 fully saturated rings. The van der Waals surface area contributed by atoms with E-state index >= 15 is 0 Å². The Hall–Kier alpha value is -3.04. The summed E-state index contributed by atoms with van der Waals surface area (Å²) >= 11 is 0. The summed E-state index contributed by atoms with van der Waals surface area (Å²) in [5, 5.41) is 6.00. The predicted molar refractivity (Wildman–Crippen MR) is 69.1 cm³/mol. The van der Waals surface area contributed by atoms with Crippen LogP contribution < -0.4 is 11.1 Å². The predicted octanol–water partition coefficient (Wildman–Crippen LogP) is 2.18. The van der Waals surface area contributed by atoms with Gasteiger partial charge in [-0.25, -0.2) is 9.50 Å². The van der Waals surface area contributed by atoms with Crippen molar-refractivity contribution in [1.29, 1.82) is 0 Å². The second kappa shape index (κ2) is 4.76. The smallest absolute Gasteiger partial charge is 0.451 e. The summed E-state index contributed by atoms with van der Waals surface area (Å²) in [6.45, 7) is 0. The molecule has 114 valence electrons. The number of nitrogens with zero attached hydrogens (tertiary/aromatic N) is 3. The lowest BCUT2D eigenvalue weighted by Gasteiger charge is -2.07. The van der Waals surface area contributed by atoms with E-state index in [1.807, 2.05) is 0 Å². The number of aromatic nitrogens is 3. The van der Waals surface area contributed by atoms with Crippen LogP contribution in [0.5, 0.6) is 0 Å². The third kappa shape index (κ3) is 2.34. The van der Waals surface area contributed by atoms with E-state index in [9.17, 15) is 18.0 Å². The van der Waals surface area contributed by atoms with Crippen molar-refractivity contribution in [3.63, 3.8) is 0 Å². The molecule has 0 saturated heterocycles. The first kappa shape index (κ1) is 13.9. The maximum Gasteiger partial charge on any atom is 0.451 e. The number of fused-ring (bicyclic) bond motifs is 1. The highest BCUT2D eigenvalue weighted by Gasteiger charge is 2.38. The van der Waals surface area contributed by atoms with Crippen molar-refractivity contribution in [1.82, 2.24) is 14.6 Å². The summed E-state index contributed by atoms with van der Waals surface area (Å²) in [5.74, 6) is -1.94. The van der Waals surface area contributed by atoms with Gasteiger partial charge in [0.1, 0.15) is 11.4 Å². The Morgan fingerprint density at radius 2 is 2.14 bits per heavy atom. The monoisotopic (exact) mass is 311 g/mol. The molecule has 10 heteroatoms. The maximum atomic E-state index is 12.7. The third-order valence-corrected chi connectivity index (χ3v) is 2.81. The number of furan rings is 1. The first-order chi connectivity index (χ1) is 10.4. The van der Waals surface area contributed by atoms with Crippen LogP contribution in [-0.4, -0.2) is 20.5 Å². The van der Waals surface area contributed by atoms with Crippen molar-refractivity contribution in [2.24, 2.45) is 0 Å². The summed E-state index contributed by atoms with van der Waals surface area (Å²) in [5.41, 5.74) is 5.16. The van der Waals surface area contributed by atoms with E-state index in [-0.39, 0.29) is 17.0 Å². The fourth-order valence-electron chi connectivity index (χ4n) is 1.86. The molecule has 0 unspecified atom stereocenters. The van der Waals surface area contributed by atoms with E-state index < -0.39 is 23.5 Å². The Labute approximate surface area is 120 Å². The van der Waals surface area contributed by atoms with Crippen LogP contribution in [0.3, 0.4) is 0 Å². The first-order valence-corrected chi connectivity index (χ1v) is 5.92. The van der Waals surface area contributed by atoms with E-state index in [1.54, 1.807) is 0 Å². The van der Waals surface area contributed by atoms with Crippen molar-refractivity contribution < 1.29 is 22.4 Å². The SMILES string of the molecule is Nc1ccn2ncc(C(=O)Nc3ccoc3C(F)(F)F)c2n1. The van der Waals surface area contributed by atoms with Gasteiger partial charge in [-0.2, -0.15) is 18.3 Å². The molecule has 0 bridgehead atoms. The van der Waals surface area contributed by atoms with Crippen molar-refractivity contribution in [3.8, 4) is 0 Å². The second-order valence-corrected chi connectivity index (χ2v) is 4.29. The first-order valence-electron chi connectivity index (χ1n) is 5.92. The van der Waals surface area contributed by atoms with Crippen LogP contribution in [0.4, 0.5) is 24.7 Å². The quantitative estimate of drug-likeness (QED) is 0.756. The summed E-state index contributed by atoms with van der Waals surface area (Å²) in [6.07, 6.45) is -1.21. The van der Waals surface area contributed by atoms with Gasteiger partial charge in [0.15, 0.2) is 5.65 Å². The van der Waals surface area contributed by atoms with Crippen LogP contribution in [0, 0.1) is 0 Å². The van der Waals surface area contributed by atoms with Crippen molar-refractivity contribution in [3.05, 3.63) is 42.1 Å². The summed E-state index contributed by atoms with van der Waals surface area (Å²) in [6, 6.07) is 2.48. The normalized spacial score (nSPS) is 11.8. The second-order valence-electron chi connectivity index (χ2n) is 4.29. The molecule has 22 heavy (non-hydrogen) atoms. The molecule has 7 nitrogen and oxygen atoms in total. The van der Waals surface area contributed by atoms with Gasteiger partial charge in [-0.05, 0) is 6.07 Å². The summed E-state index contributed by atoms with van der Waals surface area (Å²) < 4.78 is 43.7. The van der Waals surface area contributed by atoms with Crippen molar-refractivity contribution in [2.75, 3.05) is 11.1 Å². The molecule has 3 aromatic heterocycles. The molecule has 0 aliphatic carbocycles. The number of anilines is 2. The number of nitrogen functional groups attached to an aromatic ring is 1. The van der Waals surface area contributed by atoms with E-state index in [0.29, 0.717) is 0 Å². The van der Waals surface area contributed by atoms with E-state index in [2.05, 4.69) is 19.8 Å². The van der Waals surface area contributed by atoms with Gasteiger partial charge in [0.05, 0.1) is 18.1 Å². The number of alkyl halides is 3. The lowest BCUT2D eigenvalue weighted by Crippen LogP contribution is -2.15. The highest BCUT2D eigenvalue weighted by Crippen LogP contribution is 2.35. The maximum absolute atomic E-state index is 12.7. The standard InChI is InChI=1S/C12H8F3N5O2/c13-12(14,15)9-7(2-4-22-9)18-11(21)6-5-17-20-3-1-8(16)19-10(6)20/h1-5H,(H2,16,19)(H,18,21). The fourth-order valence-corrected chi connectivity index (χ4v) is 1.86. The third-order valence-electron chi connectivity index (χ3n) is 2.81. The Morgan fingerprint density at radius 1 is 1.36 bits per heavy atom. The topological polar surface area (TPSA) is 98.5 Å². The summed E-state index contributed by atoms with van der Waals surface area (Å²) in [4.78, 5) is 16.1. The minimum atomic E-state index is -4.71. The van der Waals surface area contributed by atoms with Gasteiger partial charge in [0, 0.05) is 12.3 Å². The van der Waals surface area contributed by atoms with Gasteiger partial charge >= 0.3 is 6.18 Å². The van der Waals surface area contributed by atoms with Crippen LogP contribution in [0.15, 0.2) is 35.2 Å². The van der Waals surface area contributed by atoms with E-state index in [1.165, 1.54) is 23.0 Å². The Bertz CT molecular complexity index is 852. The van der Waals surface area contributed by atoms with Crippen molar-refractivity contribution >= 4 is 23.1 Å². The Balaban J connectivity index is 1.95. The molecule has 0 radical (unpaired) electrons. The van der Waals surface area contributed by atoms with Gasteiger partial charge in [-0.15, -0.1) is 0 Å². The molecule has 0 atom stereocenters. The van der Waals surface area contributed by atoms with Gasteiger partial charge < -0.3 is 15.5 Å². The molecule has 0 spiro atoms. The average molecular weight is 311 g/mol. The number of carbonyl (C=O) groups is 1. The molecule has 0 saturated carbocycles. The number of nitrogens with one attached hydrogen (secondary N) is 1. The lowest BCUT2D eigenvalue weighted by molar-refractivity contribution is -0.152. The van der Waals surface area contributed by atoms with Crippen LogP contribution >= 0.6 is 0 Å². The fraction of sp³-hybridized carbons (Fsp3) is 0.0833. The Kier molecular flexibility index (Phi) is 3.01. The Morgan fingerprint density at radius 3 is 2.86 bits per heavy atom. The number of amides is 1. The number of hydrogen-bond acceptors (Lipinski definition) is 5. The molecule has 1 amide bonds. The van der Waals surface area contributed by atoms with Gasteiger partial charge in [0.2, 0.25) is 5.76 Å². The molecular weight excluding hydrogens is 303 g/mol. The molecule has 3 aromatic rings. The molecule has 3 rings (SSSR count). The number of hydrogen-bond donors (Lipinski definition) is 2. The molecule has 3 N–H and O–H groups in total. The number of carbonyl (C=O) groups excluding carboxylic acids is 1. The zero-order chi connectivity index (χ0) is 15.9. The number of halogens is 3. The molecule has 0 aliphatic rings. The highest BCUT2D eigenvalue weighted by atomic mass is 19.4. The van der Waals surface area contributed by atoms with Crippen LogP contribution in [0.25, 0.3) is 5.65 Å². The van der Waals surface area contributed by atoms with E-state index in [4.69, 9.17) is 5.73 Å². The molecule has 0 aliphatic heterocycles.